The summed E-state index contributed by atoms with van der Waals surface area (Å²) in [6.45, 7) is 3.52. The number of aliphatic hydroxyl groups excluding tert-OH is 2. The lowest BCUT2D eigenvalue weighted by atomic mass is 9.46. The van der Waals surface area contributed by atoms with Crippen molar-refractivity contribution in [3.63, 3.8) is 0 Å². The van der Waals surface area contributed by atoms with Crippen LogP contribution in [0.15, 0.2) is 35.5 Å². The van der Waals surface area contributed by atoms with Gasteiger partial charge in [0, 0.05) is 23.3 Å². The molecule has 0 aromatic heterocycles. The summed E-state index contributed by atoms with van der Waals surface area (Å²) in [5, 5.41) is 21.0. The van der Waals surface area contributed by atoms with Crippen molar-refractivity contribution in [3.8, 4) is 0 Å². The number of carbonyl (C=O) groups excluding carboxylic acids is 3. The Balaban J connectivity index is 1.77. The first-order chi connectivity index (χ1) is 14.2. The van der Waals surface area contributed by atoms with Crippen LogP contribution in [0.1, 0.15) is 39.5 Å². The fraction of sp³-hybridized carbons (Fsp3) is 0.625. The van der Waals surface area contributed by atoms with Gasteiger partial charge in [0.25, 0.3) is 0 Å². The highest BCUT2D eigenvalue weighted by Gasteiger charge is 2.63. The molecule has 0 amide bonds. The number of aliphatic hydroxyl groups is 2. The van der Waals surface area contributed by atoms with Gasteiger partial charge < -0.3 is 14.9 Å². The molecule has 6 heteroatoms. The van der Waals surface area contributed by atoms with Crippen molar-refractivity contribution in [1.29, 1.82) is 0 Å². The molecule has 3 saturated carbocycles. The van der Waals surface area contributed by atoms with Gasteiger partial charge in [-0.25, -0.2) is 4.79 Å². The third kappa shape index (κ3) is 2.95. The predicted molar refractivity (Wildman–Crippen MR) is 109 cm³/mol. The standard InChI is InChI=1S/C24H30O6/c1-23-7-6-15(26)10-14(23)4-5-16-17-8-13(9-20(29)30-3)21(19(28)12-25)24(17,2)11-18(27)22(16)23/h6-7,9-10,16-18,21-22,25,27H,4-5,8,11-12H2,1-3H3/b13-9+/t16-,17-,18-,21+,22+,23-,24-/m0/s1. The Labute approximate surface area is 176 Å². The van der Waals surface area contributed by atoms with Crippen molar-refractivity contribution in [3.05, 3.63) is 35.5 Å². The first-order valence-corrected chi connectivity index (χ1v) is 10.7. The Morgan fingerprint density at radius 2 is 2.07 bits per heavy atom. The zero-order valence-electron chi connectivity index (χ0n) is 17.8. The molecular weight excluding hydrogens is 384 g/mol. The second-order valence-corrected chi connectivity index (χ2v) is 9.80. The number of rotatable bonds is 3. The van der Waals surface area contributed by atoms with Crippen LogP contribution in [-0.4, -0.2) is 47.6 Å². The van der Waals surface area contributed by atoms with Crippen LogP contribution in [0.3, 0.4) is 0 Å². The Morgan fingerprint density at radius 1 is 1.33 bits per heavy atom. The molecule has 6 nitrogen and oxygen atoms in total. The van der Waals surface area contributed by atoms with Crippen molar-refractivity contribution < 1.29 is 29.3 Å². The number of fused-ring (bicyclic) bond motifs is 5. The summed E-state index contributed by atoms with van der Waals surface area (Å²) < 4.78 is 4.80. The first kappa shape index (κ1) is 21.2. The molecule has 0 aliphatic heterocycles. The van der Waals surface area contributed by atoms with Crippen LogP contribution >= 0.6 is 0 Å². The lowest BCUT2D eigenvalue weighted by molar-refractivity contribution is -0.140. The van der Waals surface area contributed by atoms with E-state index in [1.807, 2.05) is 13.0 Å². The van der Waals surface area contributed by atoms with E-state index in [-0.39, 0.29) is 34.7 Å². The normalized spacial score (nSPS) is 43.5. The minimum atomic E-state index is -0.644. The van der Waals surface area contributed by atoms with E-state index >= 15 is 0 Å². The van der Waals surface area contributed by atoms with Gasteiger partial charge in [0.2, 0.25) is 0 Å². The average Bonchev–Trinajstić information content (AvgIpc) is 2.98. The van der Waals surface area contributed by atoms with Crippen molar-refractivity contribution in [2.24, 2.45) is 34.5 Å². The lowest BCUT2D eigenvalue weighted by Gasteiger charge is -2.58. The highest BCUT2D eigenvalue weighted by atomic mass is 16.5. The number of esters is 1. The molecule has 0 aromatic rings. The van der Waals surface area contributed by atoms with E-state index in [4.69, 9.17) is 4.74 Å². The third-order valence-corrected chi connectivity index (χ3v) is 8.40. The van der Waals surface area contributed by atoms with E-state index in [1.165, 1.54) is 13.2 Å². The second kappa shape index (κ2) is 7.27. The van der Waals surface area contributed by atoms with Crippen LogP contribution in [0.5, 0.6) is 0 Å². The Bertz CT molecular complexity index is 882. The van der Waals surface area contributed by atoms with Crippen LogP contribution < -0.4 is 0 Å². The summed E-state index contributed by atoms with van der Waals surface area (Å²) in [7, 11) is 1.30. The van der Waals surface area contributed by atoms with E-state index in [1.54, 1.807) is 12.2 Å². The van der Waals surface area contributed by atoms with Crippen LogP contribution in [0.2, 0.25) is 0 Å². The van der Waals surface area contributed by atoms with Crippen molar-refractivity contribution >= 4 is 17.5 Å². The molecule has 30 heavy (non-hydrogen) atoms. The van der Waals surface area contributed by atoms with Crippen molar-refractivity contribution in [2.75, 3.05) is 13.7 Å². The zero-order valence-corrected chi connectivity index (χ0v) is 17.8. The van der Waals surface area contributed by atoms with Gasteiger partial charge in [0.05, 0.1) is 13.2 Å². The molecule has 0 bridgehead atoms. The number of carbonyl (C=O) groups is 3. The molecular formula is C24H30O6. The zero-order chi connectivity index (χ0) is 21.8. The number of ketones is 2. The fourth-order valence-corrected chi connectivity index (χ4v) is 7.24. The smallest absolute Gasteiger partial charge is 0.330 e. The SMILES string of the molecule is COC(=O)/C=C1\C[C@H]2[C@@H]3CCC4=CC(=O)C=C[C@]4(C)[C@H]3[C@@H](O)C[C@]2(C)[C@H]1C(=O)CO. The lowest BCUT2D eigenvalue weighted by Crippen LogP contribution is -2.56. The summed E-state index contributed by atoms with van der Waals surface area (Å²) in [6, 6.07) is 0. The monoisotopic (exact) mass is 414 g/mol. The van der Waals surface area contributed by atoms with Gasteiger partial charge in [-0.3, -0.25) is 9.59 Å². The van der Waals surface area contributed by atoms with Gasteiger partial charge in [0.15, 0.2) is 11.6 Å². The molecule has 4 aliphatic rings. The molecule has 162 valence electrons. The highest BCUT2D eigenvalue weighted by molar-refractivity contribution is 6.01. The Kier molecular flexibility index (Phi) is 5.14. The van der Waals surface area contributed by atoms with Crippen LogP contribution in [0, 0.1) is 34.5 Å². The number of hydrogen-bond donors (Lipinski definition) is 2. The molecule has 0 spiro atoms. The molecule has 4 rings (SSSR count). The number of methoxy groups -OCH3 is 1. The number of allylic oxidation sites excluding steroid dienone is 5. The van der Waals surface area contributed by atoms with E-state index in [9.17, 15) is 24.6 Å². The summed E-state index contributed by atoms with van der Waals surface area (Å²) >= 11 is 0. The van der Waals surface area contributed by atoms with Gasteiger partial charge in [0.1, 0.15) is 6.61 Å². The van der Waals surface area contributed by atoms with Gasteiger partial charge in [-0.1, -0.05) is 31.1 Å². The van der Waals surface area contributed by atoms with Gasteiger partial charge >= 0.3 is 5.97 Å². The molecule has 7 atom stereocenters. The largest absolute Gasteiger partial charge is 0.466 e. The molecule has 4 aliphatic carbocycles. The number of Topliss-reactive ketones (excluding diaryl/α,β-unsaturated/α-hetero) is 1. The van der Waals surface area contributed by atoms with Gasteiger partial charge in [-0.05, 0) is 55.1 Å². The third-order valence-electron chi connectivity index (χ3n) is 8.40. The quantitative estimate of drug-likeness (QED) is 0.542. The second-order valence-electron chi connectivity index (χ2n) is 9.80. The van der Waals surface area contributed by atoms with E-state index < -0.39 is 30.0 Å². The Hall–Kier alpha value is -2.05. The molecule has 0 saturated heterocycles. The maximum Gasteiger partial charge on any atom is 0.330 e. The minimum Gasteiger partial charge on any atom is -0.466 e. The molecule has 0 heterocycles. The fourth-order valence-electron chi connectivity index (χ4n) is 7.24. The first-order valence-electron chi connectivity index (χ1n) is 10.7. The topological polar surface area (TPSA) is 101 Å². The van der Waals surface area contributed by atoms with E-state index in [0.717, 1.165) is 18.4 Å². The summed E-state index contributed by atoms with van der Waals surface area (Å²) in [5.74, 6) is -1.23. The number of hydrogen-bond acceptors (Lipinski definition) is 6. The predicted octanol–water partition coefficient (Wildman–Crippen LogP) is 2.15. The maximum atomic E-state index is 12.8. The van der Waals surface area contributed by atoms with Gasteiger partial charge in [-0.15, -0.1) is 0 Å². The van der Waals surface area contributed by atoms with Crippen LogP contribution in [0.4, 0.5) is 0 Å². The summed E-state index contributed by atoms with van der Waals surface area (Å²) in [5.41, 5.74) is 0.849. The molecule has 0 radical (unpaired) electrons. The Morgan fingerprint density at radius 3 is 2.73 bits per heavy atom. The van der Waals surface area contributed by atoms with E-state index in [0.29, 0.717) is 18.4 Å². The number of ether oxygens (including phenoxy) is 1. The van der Waals surface area contributed by atoms with Crippen LogP contribution in [-0.2, 0) is 19.1 Å². The molecule has 3 fully saturated rings. The van der Waals surface area contributed by atoms with Crippen molar-refractivity contribution in [1.82, 2.24) is 0 Å². The molecule has 2 N–H and O–H groups in total. The minimum absolute atomic E-state index is 0.00571. The molecule has 0 aromatic carbocycles. The van der Waals surface area contributed by atoms with Crippen LogP contribution in [0.25, 0.3) is 0 Å². The highest BCUT2D eigenvalue weighted by Crippen LogP contribution is 2.67. The molecule has 0 unspecified atom stereocenters. The van der Waals surface area contributed by atoms with Crippen molar-refractivity contribution in [2.45, 2.75) is 45.6 Å². The summed E-state index contributed by atoms with van der Waals surface area (Å²) in [4.78, 5) is 36.7. The van der Waals surface area contributed by atoms with E-state index in [2.05, 4.69) is 6.92 Å². The summed E-state index contributed by atoms with van der Waals surface area (Å²) in [6.07, 6.45) is 8.62. The van der Waals surface area contributed by atoms with Gasteiger partial charge in [-0.2, -0.15) is 0 Å². The average molecular weight is 414 g/mol. The maximum absolute atomic E-state index is 12.8.